The first-order valence-electron chi connectivity index (χ1n) is 9.30. The molecule has 0 fully saturated rings. The highest BCUT2D eigenvalue weighted by Crippen LogP contribution is 2.20. The van der Waals surface area contributed by atoms with Crippen molar-refractivity contribution in [2.75, 3.05) is 0 Å². The molecule has 4 rings (SSSR count). The van der Waals surface area contributed by atoms with Gasteiger partial charge in [-0.1, -0.05) is 17.3 Å². The van der Waals surface area contributed by atoms with Crippen molar-refractivity contribution in [3.05, 3.63) is 102 Å². The molecule has 0 aliphatic carbocycles. The molecule has 0 saturated heterocycles. The molecular formula is C23H19FN4O2. The molecule has 0 radical (unpaired) electrons. The fraction of sp³-hybridized carbons (Fsp3) is 0.0870. The molecule has 0 atom stereocenters. The first kappa shape index (κ1) is 19.3. The second kappa shape index (κ2) is 9.00. The molecule has 0 spiro atoms. The van der Waals surface area contributed by atoms with Crippen molar-refractivity contribution in [3.8, 4) is 5.75 Å². The number of oxime groups is 1. The van der Waals surface area contributed by atoms with E-state index >= 15 is 0 Å². The van der Waals surface area contributed by atoms with Crippen LogP contribution in [-0.2, 0) is 18.1 Å². The Balaban J connectivity index is 1.37. The number of aromatic nitrogens is 2. The Labute approximate surface area is 172 Å². The van der Waals surface area contributed by atoms with E-state index in [-0.39, 0.29) is 18.3 Å². The lowest BCUT2D eigenvalue weighted by Crippen LogP contribution is -2.13. The number of fused-ring (bicyclic) bond motifs is 1. The van der Waals surface area contributed by atoms with Gasteiger partial charge in [0.1, 0.15) is 24.8 Å². The SMILES string of the molecule is N/C(=N/OCc1ccc(F)c2cccnc12)c1ccc(OCc2cccnc2)cc1. The molecule has 2 aromatic carbocycles. The molecule has 150 valence electrons. The van der Waals surface area contributed by atoms with Crippen molar-refractivity contribution < 1.29 is 14.0 Å². The van der Waals surface area contributed by atoms with Gasteiger partial charge in [-0.3, -0.25) is 9.97 Å². The van der Waals surface area contributed by atoms with Gasteiger partial charge in [0.05, 0.1) is 5.52 Å². The summed E-state index contributed by atoms with van der Waals surface area (Å²) in [5.74, 6) is 0.615. The molecule has 0 bridgehead atoms. The summed E-state index contributed by atoms with van der Waals surface area (Å²) in [5.41, 5.74) is 8.96. The summed E-state index contributed by atoms with van der Waals surface area (Å²) in [4.78, 5) is 13.7. The molecule has 30 heavy (non-hydrogen) atoms. The number of hydrogen-bond donors (Lipinski definition) is 1. The Kier molecular flexibility index (Phi) is 5.80. The molecule has 2 aromatic heterocycles. The summed E-state index contributed by atoms with van der Waals surface area (Å²) >= 11 is 0. The lowest BCUT2D eigenvalue weighted by atomic mass is 10.1. The Morgan fingerprint density at radius 2 is 1.80 bits per heavy atom. The van der Waals surface area contributed by atoms with Gasteiger partial charge in [-0.05, 0) is 48.5 Å². The number of hydrogen-bond acceptors (Lipinski definition) is 5. The molecule has 6 nitrogen and oxygen atoms in total. The predicted molar refractivity (Wildman–Crippen MR) is 112 cm³/mol. The van der Waals surface area contributed by atoms with Gasteiger partial charge in [0.15, 0.2) is 5.84 Å². The second-order valence-corrected chi connectivity index (χ2v) is 6.53. The van der Waals surface area contributed by atoms with Crippen LogP contribution in [0.3, 0.4) is 0 Å². The third-order valence-electron chi connectivity index (χ3n) is 4.46. The van der Waals surface area contributed by atoms with E-state index < -0.39 is 0 Å². The van der Waals surface area contributed by atoms with Gasteiger partial charge in [0.2, 0.25) is 0 Å². The highest BCUT2D eigenvalue weighted by Gasteiger charge is 2.07. The van der Waals surface area contributed by atoms with Crippen LogP contribution in [0.1, 0.15) is 16.7 Å². The van der Waals surface area contributed by atoms with E-state index in [2.05, 4.69) is 15.1 Å². The second-order valence-electron chi connectivity index (χ2n) is 6.53. The molecule has 2 heterocycles. The van der Waals surface area contributed by atoms with Gasteiger partial charge >= 0.3 is 0 Å². The molecule has 0 unspecified atom stereocenters. The van der Waals surface area contributed by atoms with Crippen molar-refractivity contribution >= 4 is 16.7 Å². The Morgan fingerprint density at radius 1 is 0.967 bits per heavy atom. The van der Waals surface area contributed by atoms with E-state index in [1.54, 1.807) is 48.9 Å². The highest BCUT2D eigenvalue weighted by atomic mass is 19.1. The van der Waals surface area contributed by atoms with Gasteiger partial charge < -0.3 is 15.3 Å². The van der Waals surface area contributed by atoms with Gasteiger partial charge in [-0.2, -0.15) is 0 Å². The number of ether oxygens (including phenoxy) is 1. The predicted octanol–water partition coefficient (Wildman–Crippen LogP) is 4.19. The van der Waals surface area contributed by atoms with Crippen molar-refractivity contribution in [2.24, 2.45) is 10.9 Å². The molecule has 4 aromatic rings. The monoisotopic (exact) mass is 402 g/mol. The lowest BCUT2D eigenvalue weighted by Gasteiger charge is -2.08. The number of pyridine rings is 2. The molecular weight excluding hydrogens is 383 g/mol. The van der Waals surface area contributed by atoms with Crippen LogP contribution in [0.15, 0.2) is 84.4 Å². The smallest absolute Gasteiger partial charge is 0.170 e. The number of rotatable bonds is 7. The first-order valence-corrected chi connectivity index (χ1v) is 9.30. The van der Waals surface area contributed by atoms with Crippen LogP contribution in [0.4, 0.5) is 4.39 Å². The van der Waals surface area contributed by atoms with Crippen LogP contribution in [0.2, 0.25) is 0 Å². The number of benzene rings is 2. The highest BCUT2D eigenvalue weighted by molar-refractivity contribution is 5.97. The summed E-state index contributed by atoms with van der Waals surface area (Å²) in [6, 6.07) is 17.4. The van der Waals surface area contributed by atoms with Crippen molar-refractivity contribution in [1.29, 1.82) is 0 Å². The van der Waals surface area contributed by atoms with Gasteiger partial charge in [-0.25, -0.2) is 4.39 Å². The maximum absolute atomic E-state index is 13.9. The average Bonchev–Trinajstić information content (AvgIpc) is 2.80. The van der Waals surface area contributed by atoms with Crippen molar-refractivity contribution in [3.63, 3.8) is 0 Å². The molecule has 0 aliphatic rings. The van der Waals surface area contributed by atoms with E-state index in [9.17, 15) is 4.39 Å². The fourth-order valence-corrected chi connectivity index (χ4v) is 2.91. The van der Waals surface area contributed by atoms with E-state index in [1.807, 2.05) is 24.3 Å². The quantitative estimate of drug-likeness (QED) is 0.285. The zero-order valence-electron chi connectivity index (χ0n) is 16.0. The van der Waals surface area contributed by atoms with E-state index in [4.69, 9.17) is 15.3 Å². The summed E-state index contributed by atoms with van der Waals surface area (Å²) < 4.78 is 19.6. The Bertz CT molecular complexity index is 1160. The van der Waals surface area contributed by atoms with E-state index in [0.29, 0.717) is 28.8 Å². The molecule has 7 heteroatoms. The van der Waals surface area contributed by atoms with Crippen LogP contribution in [0.25, 0.3) is 10.9 Å². The summed E-state index contributed by atoms with van der Waals surface area (Å²) in [6.07, 6.45) is 5.09. The standard InChI is InChI=1S/C23H19FN4O2/c24-21-10-7-18(22-20(21)4-2-12-27-22)15-30-28-23(25)17-5-8-19(9-6-17)29-14-16-3-1-11-26-13-16/h1-13H,14-15H2,(H2,25,28). The molecule has 0 aliphatic heterocycles. The third-order valence-corrected chi connectivity index (χ3v) is 4.46. The van der Waals surface area contributed by atoms with E-state index in [1.165, 1.54) is 6.07 Å². The maximum Gasteiger partial charge on any atom is 0.170 e. The van der Waals surface area contributed by atoms with Crippen LogP contribution >= 0.6 is 0 Å². The van der Waals surface area contributed by atoms with Crippen LogP contribution in [0, 0.1) is 5.82 Å². The van der Waals surface area contributed by atoms with Crippen LogP contribution in [-0.4, -0.2) is 15.8 Å². The average molecular weight is 402 g/mol. The zero-order valence-corrected chi connectivity index (χ0v) is 16.0. The largest absolute Gasteiger partial charge is 0.489 e. The van der Waals surface area contributed by atoms with Crippen molar-refractivity contribution in [2.45, 2.75) is 13.2 Å². The maximum atomic E-state index is 13.9. The molecule has 0 amide bonds. The minimum absolute atomic E-state index is 0.126. The van der Waals surface area contributed by atoms with E-state index in [0.717, 1.165) is 11.1 Å². The van der Waals surface area contributed by atoms with Crippen LogP contribution in [0.5, 0.6) is 5.75 Å². The number of amidine groups is 1. The Hall–Kier alpha value is -4.00. The number of nitrogens with two attached hydrogens (primary N) is 1. The summed E-state index contributed by atoms with van der Waals surface area (Å²) in [5, 5.41) is 4.41. The normalized spacial score (nSPS) is 11.4. The fourth-order valence-electron chi connectivity index (χ4n) is 2.91. The topological polar surface area (TPSA) is 82.6 Å². The summed E-state index contributed by atoms with van der Waals surface area (Å²) in [6.45, 7) is 0.556. The van der Waals surface area contributed by atoms with Crippen LogP contribution < -0.4 is 10.5 Å². The minimum Gasteiger partial charge on any atom is -0.489 e. The lowest BCUT2D eigenvalue weighted by molar-refractivity contribution is 0.131. The zero-order chi connectivity index (χ0) is 20.8. The Morgan fingerprint density at radius 3 is 2.60 bits per heavy atom. The van der Waals surface area contributed by atoms with Gasteiger partial charge in [-0.15, -0.1) is 0 Å². The van der Waals surface area contributed by atoms with Gasteiger partial charge in [0.25, 0.3) is 0 Å². The first-order chi connectivity index (χ1) is 14.7. The third kappa shape index (κ3) is 4.52. The number of nitrogens with zero attached hydrogens (tertiary/aromatic N) is 3. The molecule has 0 saturated carbocycles. The minimum atomic E-state index is -0.323. The van der Waals surface area contributed by atoms with Gasteiger partial charge in [0, 0.05) is 40.7 Å². The number of halogens is 1. The summed E-state index contributed by atoms with van der Waals surface area (Å²) in [7, 11) is 0. The molecule has 2 N–H and O–H groups in total. The van der Waals surface area contributed by atoms with Crippen molar-refractivity contribution in [1.82, 2.24) is 9.97 Å².